The molecule has 0 atom stereocenters. The Balaban J connectivity index is 0.000000490. The van der Waals surface area contributed by atoms with Crippen molar-refractivity contribution in [2.45, 2.75) is 0 Å². The molecule has 0 aromatic heterocycles. The number of phenols is 1. The van der Waals surface area contributed by atoms with Crippen LogP contribution in [0.4, 0.5) is 0 Å². The summed E-state index contributed by atoms with van der Waals surface area (Å²) in [6.07, 6.45) is 0. The quantitative estimate of drug-likeness (QED) is 0.476. The summed E-state index contributed by atoms with van der Waals surface area (Å²) in [6.45, 7) is 0. The molecule has 1 aromatic rings. The molecule has 0 radical (unpaired) electrons. The first-order chi connectivity index (χ1) is 3.39. The average Bonchev–Trinajstić information content (AvgIpc) is 1.69. The molecule has 0 aliphatic heterocycles. The summed E-state index contributed by atoms with van der Waals surface area (Å²) in [5.41, 5.74) is 0. The monoisotopic (exact) mass is 105 g/mol. The van der Waals surface area contributed by atoms with Crippen LogP contribution in [0.3, 0.4) is 0 Å². The van der Waals surface area contributed by atoms with Crippen molar-refractivity contribution in [1.29, 1.82) is 0 Å². The minimum absolute atomic E-state index is 0. The van der Waals surface area contributed by atoms with Gasteiger partial charge in [0, 0.05) is 0 Å². The van der Waals surface area contributed by atoms with Crippen LogP contribution in [0.5, 0.6) is 5.75 Å². The molecule has 1 nitrogen and oxygen atoms in total. The summed E-state index contributed by atoms with van der Waals surface area (Å²) in [7, 11) is 0. The van der Waals surface area contributed by atoms with E-state index in [4.69, 9.17) is 5.11 Å². The van der Waals surface area contributed by atoms with Crippen LogP contribution in [-0.4, -0.2) is 15.2 Å². The molecule has 0 aliphatic carbocycles. The van der Waals surface area contributed by atoms with E-state index in [-0.39, 0.29) is 10.1 Å². The molecule has 40 valence electrons. The van der Waals surface area contributed by atoms with Gasteiger partial charge in [-0.2, -0.15) is 0 Å². The molecule has 0 saturated heterocycles. The standard InChI is InChI=1S/C6H6O.Be.2H/c7-6-4-2-1-3-5-6;;;/h1-5,7H;;;. The molecular weight excluding hydrogens is 97.1 g/mol. The van der Waals surface area contributed by atoms with Crippen molar-refractivity contribution in [2.75, 3.05) is 0 Å². The van der Waals surface area contributed by atoms with Gasteiger partial charge in [0.15, 0.2) is 0 Å². The van der Waals surface area contributed by atoms with Crippen molar-refractivity contribution >= 4 is 10.1 Å². The summed E-state index contributed by atoms with van der Waals surface area (Å²) in [5, 5.41) is 8.63. The van der Waals surface area contributed by atoms with E-state index in [1.54, 1.807) is 24.3 Å². The average molecular weight is 105 g/mol. The number of phenolic OH excluding ortho intramolecular Hbond substituents is 1. The fourth-order valence-electron chi connectivity index (χ4n) is 0.428. The van der Waals surface area contributed by atoms with Crippen LogP contribution in [0.25, 0.3) is 0 Å². The van der Waals surface area contributed by atoms with E-state index >= 15 is 0 Å². The van der Waals surface area contributed by atoms with Crippen LogP contribution < -0.4 is 0 Å². The Kier molecular flexibility index (Phi) is 2.90. The molecular formula is C6H8BeO. The van der Waals surface area contributed by atoms with Crippen molar-refractivity contribution < 1.29 is 5.11 Å². The molecule has 0 heterocycles. The van der Waals surface area contributed by atoms with Crippen molar-refractivity contribution in [1.82, 2.24) is 0 Å². The maximum atomic E-state index is 8.63. The Morgan fingerprint density at radius 3 is 1.75 bits per heavy atom. The Morgan fingerprint density at radius 1 is 1.00 bits per heavy atom. The predicted molar refractivity (Wildman–Crippen MR) is 36.7 cm³/mol. The molecule has 0 bridgehead atoms. The van der Waals surface area contributed by atoms with E-state index in [9.17, 15) is 0 Å². The van der Waals surface area contributed by atoms with Crippen molar-refractivity contribution in [3.05, 3.63) is 30.3 Å². The van der Waals surface area contributed by atoms with Gasteiger partial charge in [-0.1, -0.05) is 18.2 Å². The summed E-state index contributed by atoms with van der Waals surface area (Å²) < 4.78 is 0. The van der Waals surface area contributed by atoms with Gasteiger partial charge in [-0.15, -0.1) is 0 Å². The molecule has 8 heavy (non-hydrogen) atoms. The van der Waals surface area contributed by atoms with Crippen molar-refractivity contribution in [3.63, 3.8) is 0 Å². The van der Waals surface area contributed by atoms with E-state index in [0.29, 0.717) is 5.75 Å². The predicted octanol–water partition coefficient (Wildman–Crippen LogP) is 0.476. The van der Waals surface area contributed by atoms with Crippen LogP contribution in [0.15, 0.2) is 30.3 Å². The number of benzene rings is 1. The topological polar surface area (TPSA) is 20.2 Å². The van der Waals surface area contributed by atoms with Crippen LogP contribution in [0, 0.1) is 0 Å². The normalized spacial score (nSPS) is 7.50. The Hall–Kier alpha value is -0.811. The second-order valence-corrected chi connectivity index (χ2v) is 1.34. The van der Waals surface area contributed by atoms with Gasteiger partial charge in [0.2, 0.25) is 0 Å². The first kappa shape index (κ1) is 7.19. The summed E-state index contributed by atoms with van der Waals surface area (Å²) >= 11 is 0. The van der Waals surface area contributed by atoms with Crippen LogP contribution in [0.2, 0.25) is 0 Å². The minimum atomic E-state index is 0. The van der Waals surface area contributed by atoms with Crippen molar-refractivity contribution in [2.24, 2.45) is 0 Å². The van der Waals surface area contributed by atoms with Gasteiger partial charge in [0.1, 0.15) is 5.75 Å². The molecule has 1 rings (SSSR count). The van der Waals surface area contributed by atoms with E-state index in [1.807, 2.05) is 6.07 Å². The molecule has 0 unspecified atom stereocenters. The molecule has 1 aromatic carbocycles. The fourth-order valence-corrected chi connectivity index (χ4v) is 0.428. The summed E-state index contributed by atoms with van der Waals surface area (Å²) in [4.78, 5) is 0. The third kappa shape index (κ3) is 1.76. The maximum absolute atomic E-state index is 8.63. The van der Waals surface area contributed by atoms with E-state index in [0.717, 1.165) is 0 Å². The number of rotatable bonds is 0. The first-order valence-corrected chi connectivity index (χ1v) is 2.13. The van der Waals surface area contributed by atoms with Gasteiger partial charge >= 0.3 is 10.1 Å². The molecule has 1 N–H and O–H groups in total. The van der Waals surface area contributed by atoms with Crippen LogP contribution in [-0.2, 0) is 0 Å². The number of aromatic hydroxyl groups is 1. The van der Waals surface area contributed by atoms with Crippen LogP contribution in [0.1, 0.15) is 0 Å². The third-order valence-electron chi connectivity index (χ3n) is 0.756. The SMILES string of the molecule is Oc1ccccc1.[BeH2]. The fraction of sp³-hybridized carbons (Fsp3) is 0. The van der Waals surface area contributed by atoms with E-state index in [2.05, 4.69) is 0 Å². The molecule has 0 saturated carbocycles. The molecule has 0 amide bonds. The second kappa shape index (κ2) is 3.22. The Morgan fingerprint density at radius 2 is 1.50 bits per heavy atom. The zero-order valence-corrected chi connectivity index (χ0v) is 3.83. The van der Waals surface area contributed by atoms with Crippen LogP contribution >= 0.6 is 0 Å². The number of hydrogen-bond acceptors (Lipinski definition) is 1. The zero-order valence-electron chi connectivity index (χ0n) is 3.83. The first-order valence-electron chi connectivity index (χ1n) is 2.13. The van der Waals surface area contributed by atoms with Gasteiger partial charge in [-0.25, -0.2) is 0 Å². The van der Waals surface area contributed by atoms with E-state index in [1.165, 1.54) is 0 Å². The second-order valence-electron chi connectivity index (χ2n) is 1.34. The van der Waals surface area contributed by atoms with Gasteiger partial charge in [0.05, 0.1) is 0 Å². The van der Waals surface area contributed by atoms with E-state index < -0.39 is 0 Å². The molecule has 0 aliphatic rings. The molecule has 2 heteroatoms. The van der Waals surface area contributed by atoms with Crippen molar-refractivity contribution in [3.8, 4) is 5.75 Å². The molecule has 0 spiro atoms. The van der Waals surface area contributed by atoms with Gasteiger partial charge in [-0.3, -0.25) is 0 Å². The summed E-state index contributed by atoms with van der Waals surface area (Å²) in [6, 6.07) is 8.71. The third-order valence-corrected chi connectivity index (χ3v) is 0.756. The number of hydrogen-bond donors (Lipinski definition) is 1. The van der Waals surface area contributed by atoms with Gasteiger partial charge in [-0.05, 0) is 12.1 Å². The Bertz CT molecular complexity index is 138. The van der Waals surface area contributed by atoms with Gasteiger partial charge in [0.25, 0.3) is 0 Å². The summed E-state index contributed by atoms with van der Waals surface area (Å²) in [5.74, 6) is 0.322. The molecule has 0 fully saturated rings. The van der Waals surface area contributed by atoms with Gasteiger partial charge < -0.3 is 5.11 Å². The Labute approximate surface area is 52.2 Å². The number of para-hydroxylation sites is 1. The zero-order chi connectivity index (χ0) is 5.11.